The standard InChI is InChI=1S/C12H17NO2S3/c1-10-4-6-12(7-5-10)18(14,15)13-17-9-3-8-16-11(17)2/h4-7,11H,3,8-9H2,1-2H3/t11-,17-/m0/s1. The summed E-state index contributed by atoms with van der Waals surface area (Å²) in [5.41, 5.74) is 1.05. The van der Waals surface area contributed by atoms with Crippen LogP contribution in [0.15, 0.2) is 32.9 Å². The summed E-state index contributed by atoms with van der Waals surface area (Å²) in [6, 6.07) is 6.90. The second kappa shape index (κ2) is 5.75. The fourth-order valence-electron chi connectivity index (χ4n) is 1.68. The molecule has 0 radical (unpaired) electrons. The van der Waals surface area contributed by atoms with E-state index < -0.39 is 10.0 Å². The number of nitrogens with zero attached hydrogens (tertiary/aromatic N) is 1. The molecule has 0 amide bonds. The molecule has 1 fully saturated rings. The summed E-state index contributed by atoms with van der Waals surface area (Å²) >= 11 is 1.82. The van der Waals surface area contributed by atoms with E-state index in [0.29, 0.717) is 9.48 Å². The minimum Gasteiger partial charge on any atom is -0.199 e. The van der Waals surface area contributed by atoms with Gasteiger partial charge in [0.2, 0.25) is 0 Å². The Hall–Kier alpha value is -0.330. The van der Waals surface area contributed by atoms with Crippen molar-refractivity contribution in [3.63, 3.8) is 0 Å². The van der Waals surface area contributed by atoms with Crippen LogP contribution < -0.4 is 0 Å². The summed E-state index contributed by atoms with van der Waals surface area (Å²) in [7, 11) is -3.85. The summed E-state index contributed by atoms with van der Waals surface area (Å²) in [5.74, 6) is 2.02. The van der Waals surface area contributed by atoms with Gasteiger partial charge >= 0.3 is 0 Å². The lowest BCUT2D eigenvalue weighted by Gasteiger charge is -2.20. The molecule has 1 aliphatic rings. The van der Waals surface area contributed by atoms with E-state index in [2.05, 4.69) is 10.7 Å². The fraction of sp³-hybridized carbons (Fsp3) is 0.500. The van der Waals surface area contributed by atoms with Crippen LogP contribution in [-0.2, 0) is 20.7 Å². The monoisotopic (exact) mass is 303 g/mol. The molecular formula is C12H17NO2S3. The van der Waals surface area contributed by atoms with Gasteiger partial charge in [0, 0.05) is 5.75 Å². The lowest BCUT2D eigenvalue weighted by atomic mass is 10.2. The number of rotatable bonds is 2. The zero-order valence-corrected chi connectivity index (χ0v) is 12.9. The van der Waals surface area contributed by atoms with Gasteiger partial charge in [-0.3, -0.25) is 0 Å². The topological polar surface area (TPSA) is 46.5 Å². The van der Waals surface area contributed by atoms with Gasteiger partial charge in [-0.25, -0.2) is 0 Å². The Bertz CT molecular complexity index is 549. The van der Waals surface area contributed by atoms with E-state index in [9.17, 15) is 8.42 Å². The molecule has 2 atom stereocenters. The number of benzene rings is 1. The minimum absolute atomic E-state index is 0.309. The second-order valence-corrected chi connectivity index (χ2v) is 9.94. The van der Waals surface area contributed by atoms with Gasteiger partial charge in [-0.15, -0.1) is 15.5 Å². The predicted octanol–water partition coefficient (Wildman–Crippen LogP) is 2.97. The van der Waals surface area contributed by atoms with Crippen LogP contribution in [0.5, 0.6) is 0 Å². The average molecular weight is 303 g/mol. The van der Waals surface area contributed by atoms with Crippen LogP contribution in [0.4, 0.5) is 0 Å². The lowest BCUT2D eigenvalue weighted by molar-refractivity contribution is 0.598. The largest absolute Gasteiger partial charge is 0.287 e. The molecular weight excluding hydrogens is 286 g/mol. The normalized spacial score (nSPS) is 25.2. The average Bonchev–Trinajstić information content (AvgIpc) is 2.32. The summed E-state index contributed by atoms with van der Waals surface area (Å²) < 4.78 is 28.8. The Morgan fingerprint density at radius 2 is 2.00 bits per heavy atom. The Morgan fingerprint density at radius 3 is 2.61 bits per heavy atom. The highest BCUT2D eigenvalue weighted by molar-refractivity contribution is 8.14. The van der Waals surface area contributed by atoms with Gasteiger partial charge in [0.1, 0.15) is 0 Å². The quantitative estimate of drug-likeness (QED) is 0.844. The molecule has 1 saturated heterocycles. The van der Waals surface area contributed by atoms with E-state index >= 15 is 0 Å². The van der Waals surface area contributed by atoms with Crippen molar-refractivity contribution in [1.29, 1.82) is 0 Å². The van der Waals surface area contributed by atoms with Crippen molar-refractivity contribution in [2.45, 2.75) is 29.7 Å². The zero-order valence-electron chi connectivity index (χ0n) is 10.5. The van der Waals surface area contributed by atoms with Crippen LogP contribution in [0.1, 0.15) is 18.9 Å². The van der Waals surface area contributed by atoms with Gasteiger partial charge in [0.25, 0.3) is 10.0 Å². The first-order valence-corrected chi connectivity index (χ1v) is 9.75. The minimum atomic E-state index is -3.49. The molecule has 18 heavy (non-hydrogen) atoms. The first-order valence-electron chi connectivity index (χ1n) is 5.85. The van der Waals surface area contributed by atoms with Crippen molar-refractivity contribution < 1.29 is 8.42 Å². The molecule has 1 aromatic carbocycles. The van der Waals surface area contributed by atoms with Crippen LogP contribution in [0.25, 0.3) is 0 Å². The number of thioether (sulfide) groups is 1. The first kappa shape index (κ1) is 14.1. The lowest BCUT2D eigenvalue weighted by Crippen LogP contribution is -2.18. The van der Waals surface area contributed by atoms with Crippen molar-refractivity contribution in [2.75, 3.05) is 11.5 Å². The predicted molar refractivity (Wildman–Crippen MR) is 79.6 cm³/mol. The van der Waals surface area contributed by atoms with Crippen molar-refractivity contribution in [3.05, 3.63) is 29.8 Å². The van der Waals surface area contributed by atoms with E-state index in [-0.39, 0.29) is 10.7 Å². The third-order valence-electron chi connectivity index (χ3n) is 2.75. The van der Waals surface area contributed by atoms with Crippen molar-refractivity contribution in [1.82, 2.24) is 0 Å². The summed E-state index contributed by atoms with van der Waals surface area (Å²) in [4.78, 5) is 0.309. The van der Waals surface area contributed by atoms with Gasteiger partial charge in [-0.1, -0.05) is 28.4 Å². The maximum absolute atomic E-state index is 12.2. The van der Waals surface area contributed by atoms with Gasteiger partial charge < -0.3 is 0 Å². The SMILES string of the molecule is Cc1ccc(S(=O)(=O)/N=[S@]2/CCCS[C@@H]2C)cc1. The van der Waals surface area contributed by atoms with Gasteiger partial charge in [0.15, 0.2) is 0 Å². The van der Waals surface area contributed by atoms with Crippen molar-refractivity contribution >= 4 is 32.5 Å². The molecule has 1 aliphatic heterocycles. The molecule has 0 aromatic heterocycles. The number of hydrogen-bond donors (Lipinski definition) is 0. The smallest absolute Gasteiger partial charge is 0.199 e. The highest BCUT2D eigenvalue weighted by Crippen LogP contribution is 2.25. The van der Waals surface area contributed by atoms with E-state index in [1.165, 1.54) is 0 Å². The van der Waals surface area contributed by atoms with Crippen LogP contribution >= 0.6 is 11.8 Å². The van der Waals surface area contributed by atoms with Crippen LogP contribution in [0.3, 0.4) is 0 Å². The third-order valence-corrected chi connectivity index (χ3v) is 8.71. The summed E-state index contributed by atoms with van der Waals surface area (Å²) in [6.45, 7) is 4.01. The fourth-order valence-corrected chi connectivity index (χ4v) is 7.41. The Kier molecular flexibility index (Phi) is 4.50. The summed E-state index contributed by atoms with van der Waals surface area (Å²) in [6.07, 6.45) is 1.06. The molecule has 6 heteroatoms. The van der Waals surface area contributed by atoms with Crippen LogP contribution in [-0.4, -0.2) is 24.5 Å². The van der Waals surface area contributed by atoms with Crippen LogP contribution in [0, 0.1) is 6.92 Å². The molecule has 0 saturated carbocycles. The highest BCUT2D eigenvalue weighted by Gasteiger charge is 2.19. The van der Waals surface area contributed by atoms with E-state index in [1.54, 1.807) is 12.1 Å². The van der Waals surface area contributed by atoms with E-state index in [0.717, 1.165) is 23.5 Å². The molecule has 0 spiro atoms. The molecule has 0 N–H and O–H groups in total. The molecule has 100 valence electrons. The first-order chi connectivity index (χ1) is 8.49. The van der Waals surface area contributed by atoms with Crippen molar-refractivity contribution in [3.8, 4) is 0 Å². The van der Waals surface area contributed by atoms with Gasteiger partial charge in [-0.2, -0.15) is 8.42 Å². The van der Waals surface area contributed by atoms with Crippen LogP contribution in [0.2, 0.25) is 0 Å². The van der Waals surface area contributed by atoms with Crippen molar-refractivity contribution in [2.24, 2.45) is 3.77 Å². The molecule has 0 unspecified atom stereocenters. The van der Waals surface area contributed by atoms with Gasteiger partial charge in [-0.05, 0) is 38.2 Å². The Labute approximate surface area is 116 Å². The maximum atomic E-state index is 12.2. The Balaban J connectivity index is 2.31. The zero-order chi connectivity index (χ0) is 13.2. The molecule has 2 rings (SSSR count). The second-order valence-electron chi connectivity index (χ2n) is 4.26. The highest BCUT2D eigenvalue weighted by atomic mass is 32.3. The summed E-state index contributed by atoms with van der Waals surface area (Å²) in [5, 5.41) is 0. The Morgan fingerprint density at radius 1 is 1.33 bits per heavy atom. The number of aryl methyl sites for hydroxylation is 1. The maximum Gasteiger partial charge on any atom is 0.287 e. The number of sulfonamides is 1. The van der Waals surface area contributed by atoms with E-state index in [1.807, 2.05) is 30.8 Å². The number of hydrogen-bond acceptors (Lipinski definition) is 3. The van der Waals surface area contributed by atoms with Gasteiger partial charge in [0.05, 0.1) is 9.48 Å². The molecule has 1 aromatic rings. The third kappa shape index (κ3) is 3.36. The molecule has 0 bridgehead atoms. The molecule has 1 heterocycles. The van der Waals surface area contributed by atoms with E-state index in [4.69, 9.17) is 0 Å². The molecule has 3 nitrogen and oxygen atoms in total. The molecule has 0 aliphatic carbocycles.